The molecule has 2 amide bonds. The first-order chi connectivity index (χ1) is 15.6. The van der Waals surface area contributed by atoms with Crippen molar-refractivity contribution in [3.05, 3.63) is 65.0 Å². The van der Waals surface area contributed by atoms with Gasteiger partial charge in [-0.25, -0.2) is 9.97 Å². The molecule has 3 aromatic rings. The molecular formula is C23H22N6O2S. The Balaban J connectivity index is 1.23. The molecule has 5 rings (SSSR count). The zero-order valence-electron chi connectivity index (χ0n) is 17.3. The van der Waals surface area contributed by atoms with E-state index >= 15 is 0 Å². The van der Waals surface area contributed by atoms with Gasteiger partial charge in [-0.1, -0.05) is 24.3 Å². The molecule has 1 aromatic carbocycles. The summed E-state index contributed by atoms with van der Waals surface area (Å²) in [5.74, 6) is 0.128. The maximum absolute atomic E-state index is 11.8. The molecule has 2 aliphatic heterocycles. The molecule has 1 atom stereocenters. The molecule has 32 heavy (non-hydrogen) atoms. The Kier molecular flexibility index (Phi) is 5.83. The van der Waals surface area contributed by atoms with Gasteiger partial charge in [-0.3, -0.25) is 24.8 Å². The Morgan fingerprint density at radius 2 is 2.06 bits per heavy atom. The number of likely N-dealkylation sites (tertiary alicyclic amines) is 1. The van der Waals surface area contributed by atoms with E-state index in [1.165, 1.54) is 0 Å². The molecule has 0 aliphatic carbocycles. The smallest absolute Gasteiger partial charge is 0.290 e. The van der Waals surface area contributed by atoms with Crippen LogP contribution in [-0.4, -0.2) is 50.1 Å². The molecule has 2 saturated heterocycles. The number of piperidine rings is 1. The van der Waals surface area contributed by atoms with Crippen LogP contribution in [0.4, 0.5) is 10.7 Å². The molecule has 0 spiro atoms. The number of fused-ring (bicyclic) bond motifs is 1. The fourth-order valence-corrected chi connectivity index (χ4v) is 4.67. The molecule has 2 aromatic heterocycles. The predicted molar refractivity (Wildman–Crippen MR) is 125 cm³/mol. The van der Waals surface area contributed by atoms with E-state index in [0.717, 1.165) is 60.8 Å². The first-order valence-electron chi connectivity index (χ1n) is 10.5. The van der Waals surface area contributed by atoms with Crippen molar-refractivity contribution in [1.29, 1.82) is 0 Å². The molecule has 0 radical (unpaired) electrons. The standard InChI is InChI=1S/C23H22N6O2S/c30-21-20(32-23(31)28-21)12-16-9-10-24-22(26-16)27-17-5-3-11-29(13-17)14-18-8-7-15-4-1-2-6-19(15)25-18/h1-2,4,6-10,12,17H,3,5,11,13-14H2,(H,24,26,27)(H,28,30,31). The number of anilines is 1. The summed E-state index contributed by atoms with van der Waals surface area (Å²) in [6.45, 7) is 2.70. The lowest BCUT2D eigenvalue weighted by Gasteiger charge is -2.33. The van der Waals surface area contributed by atoms with E-state index in [1.54, 1.807) is 18.3 Å². The van der Waals surface area contributed by atoms with Crippen LogP contribution in [0.25, 0.3) is 17.0 Å². The fraction of sp³-hybridized carbons (Fsp3) is 0.261. The Morgan fingerprint density at radius 1 is 1.16 bits per heavy atom. The Morgan fingerprint density at radius 3 is 2.94 bits per heavy atom. The zero-order chi connectivity index (χ0) is 21.9. The van der Waals surface area contributed by atoms with Gasteiger partial charge < -0.3 is 5.32 Å². The predicted octanol–water partition coefficient (Wildman–Crippen LogP) is 3.43. The third-order valence-corrected chi connectivity index (χ3v) is 6.29. The lowest BCUT2D eigenvalue weighted by atomic mass is 10.1. The molecule has 8 nitrogen and oxygen atoms in total. The van der Waals surface area contributed by atoms with Gasteiger partial charge >= 0.3 is 0 Å². The van der Waals surface area contributed by atoms with Crippen LogP contribution in [0.5, 0.6) is 0 Å². The molecular weight excluding hydrogens is 424 g/mol. The van der Waals surface area contributed by atoms with Crippen LogP contribution in [0, 0.1) is 0 Å². The van der Waals surface area contributed by atoms with Crippen molar-refractivity contribution in [3.63, 3.8) is 0 Å². The molecule has 2 N–H and O–H groups in total. The quantitative estimate of drug-likeness (QED) is 0.575. The number of carbonyl (C=O) groups excluding carboxylic acids is 2. The number of imide groups is 1. The van der Waals surface area contributed by atoms with E-state index in [2.05, 4.69) is 43.7 Å². The number of carbonyl (C=O) groups is 2. The number of hydrogen-bond donors (Lipinski definition) is 2. The molecule has 0 saturated carbocycles. The van der Waals surface area contributed by atoms with E-state index in [0.29, 0.717) is 16.5 Å². The van der Waals surface area contributed by atoms with Crippen molar-refractivity contribution in [2.45, 2.75) is 25.4 Å². The van der Waals surface area contributed by atoms with Crippen molar-refractivity contribution in [2.75, 3.05) is 18.4 Å². The second-order valence-corrected chi connectivity index (χ2v) is 8.89. The summed E-state index contributed by atoms with van der Waals surface area (Å²) in [6.07, 6.45) is 5.37. The topological polar surface area (TPSA) is 100 Å². The summed E-state index contributed by atoms with van der Waals surface area (Å²) in [5, 5.41) is 6.46. The number of nitrogens with zero attached hydrogens (tertiary/aromatic N) is 4. The summed E-state index contributed by atoms with van der Waals surface area (Å²) in [7, 11) is 0. The van der Waals surface area contributed by atoms with E-state index < -0.39 is 5.91 Å². The van der Waals surface area contributed by atoms with E-state index in [9.17, 15) is 9.59 Å². The van der Waals surface area contributed by atoms with Gasteiger partial charge in [-0.15, -0.1) is 0 Å². The van der Waals surface area contributed by atoms with Crippen molar-refractivity contribution in [3.8, 4) is 0 Å². The summed E-state index contributed by atoms with van der Waals surface area (Å²) >= 11 is 0.880. The number of aromatic nitrogens is 3. The van der Waals surface area contributed by atoms with Gasteiger partial charge in [-0.05, 0) is 55.4 Å². The summed E-state index contributed by atoms with van der Waals surface area (Å²) < 4.78 is 0. The first kappa shape index (κ1) is 20.6. The van der Waals surface area contributed by atoms with Gasteiger partial charge in [0, 0.05) is 30.7 Å². The van der Waals surface area contributed by atoms with E-state index in [1.807, 2.05) is 18.2 Å². The molecule has 162 valence electrons. The second-order valence-electron chi connectivity index (χ2n) is 7.87. The van der Waals surface area contributed by atoms with Crippen LogP contribution in [0.1, 0.15) is 24.2 Å². The average molecular weight is 447 g/mol. The largest absolute Gasteiger partial charge is 0.350 e. The highest BCUT2D eigenvalue weighted by molar-refractivity contribution is 8.18. The van der Waals surface area contributed by atoms with Crippen LogP contribution in [0.3, 0.4) is 0 Å². The fourth-order valence-electron chi connectivity index (χ4n) is 4.00. The number of hydrogen-bond acceptors (Lipinski definition) is 8. The van der Waals surface area contributed by atoms with Gasteiger partial charge in [-0.2, -0.15) is 0 Å². The van der Waals surface area contributed by atoms with E-state index in [4.69, 9.17) is 4.98 Å². The third-order valence-electron chi connectivity index (χ3n) is 5.48. The molecule has 2 aliphatic rings. The molecule has 0 bridgehead atoms. The number of thioether (sulfide) groups is 1. The highest BCUT2D eigenvalue weighted by Gasteiger charge is 2.25. The van der Waals surface area contributed by atoms with Crippen LogP contribution in [0.15, 0.2) is 53.6 Å². The third kappa shape index (κ3) is 4.79. The monoisotopic (exact) mass is 446 g/mol. The molecule has 9 heteroatoms. The van der Waals surface area contributed by atoms with Crippen molar-refractivity contribution in [1.82, 2.24) is 25.2 Å². The second kappa shape index (κ2) is 9.05. The number of para-hydroxylation sites is 1. The summed E-state index contributed by atoms with van der Waals surface area (Å²) in [6, 6.07) is 14.3. The average Bonchev–Trinajstić information content (AvgIpc) is 3.10. The van der Waals surface area contributed by atoms with Crippen LogP contribution in [0.2, 0.25) is 0 Å². The van der Waals surface area contributed by atoms with Crippen molar-refractivity contribution >= 4 is 45.8 Å². The minimum Gasteiger partial charge on any atom is -0.350 e. The normalized spacial score (nSPS) is 20.6. The van der Waals surface area contributed by atoms with Gasteiger partial charge in [0.05, 0.1) is 21.8 Å². The maximum atomic E-state index is 11.8. The number of rotatable bonds is 5. The number of benzene rings is 1. The lowest BCUT2D eigenvalue weighted by molar-refractivity contribution is -0.115. The zero-order valence-corrected chi connectivity index (χ0v) is 18.1. The molecule has 1 unspecified atom stereocenters. The minimum atomic E-state index is -0.390. The molecule has 2 fully saturated rings. The number of nitrogens with one attached hydrogen (secondary N) is 2. The van der Waals surface area contributed by atoms with Crippen molar-refractivity contribution in [2.24, 2.45) is 0 Å². The van der Waals surface area contributed by atoms with Crippen LogP contribution in [-0.2, 0) is 11.3 Å². The van der Waals surface area contributed by atoms with Gasteiger partial charge in [0.15, 0.2) is 0 Å². The summed E-state index contributed by atoms with van der Waals surface area (Å²) in [5.41, 5.74) is 2.67. The Hall–Kier alpha value is -3.30. The highest BCUT2D eigenvalue weighted by Crippen LogP contribution is 2.25. The molecule has 4 heterocycles. The van der Waals surface area contributed by atoms with Gasteiger partial charge in [0.2, 0.25) is 5.95 Å². The minimum absolute atomic E-state index is 0.220. The number of pyridine rings is 1. The van der Waals surface area contributed by atoms with Gasteiger partial charge in [0.25, 0.3) is 11.1 Å². The maximum Gasteiger partial charge on any atom is 0.290 e. The lowest BCUT2D eigenvalue weighted by Crippen LogP contribution is -2.42. The SMILES string of the molecule is O=C1NC(=O)C(=Cc2ccnc(NC3CCCN(Cc4ccc5ccccc5n4)C3)n2)S1. The first-order valence-corrected chi connectivity index (χ1v) is 11.4. The summed E-state index contributed by atoms with van der Waals surface area (Å²) in [4.78, 5) is 39.5. The van der Waals surface area contributed by atoms with Crippen LogP contribution < -0.4 is 10.6 Å². The van der Waals surface area contributed by atoms with Crippen molar-refractivity contribution < 1.29 is 9.59 Å². The Labute approximate surface area is 189 Å². The van der Waals surface area contributed by atoms with Crippen LogP contribution >= 0.6 is 11.8 Å². The number of amides is 2. The highest BCUT2D eigenvalue weighted by atomic mass is 32.2. The van der Waals surface area contributed by atoms with Gasteiger partial charge in [0.1, 0.15) is 0 Å². The van der Waals surface area contributed by atoms with E-state index in [-0.39, 0.29) is 11.3 Å². The Bertz CT molecular complexity index is 1210.